The molecule has 6 heteroatoms. The van der Waals surface area contributed by atoms with E-state index in [0.29, 0.717) is 10.3 Å². The molecule has 0 saturated heterocycles. The van der Waals surface area contributed by atoms with Crippen LogP contribution in [0.2, 0.25) is 5.02 Å². The number of hydrogen-bond donors (Lipinski definition) is 1. The van der Waals surface area contributed by atoms with Gasteiger partial charge < -0.3 is 10.1 Å². The van der Waals surface area contributed by atoms with Crippen LogP contribution in [-0.2, 0) is 9.53 Å². The summed E-state index contributed by atoms with van der Waals surface area (Å²) in [5.41, 5.74) is -0.533. The lowest BCUT2D eigenvalue weighted by Gasteiger charge is -2.27. The molecule has 0 spiro atoms. The highest BCUT2D eigenvalue weighted by Crippen LogP contribution is 2.40. The number of nitrogens with zero attached hydrogens (tertiary/aromatic N) is 1. The molecule has 1 aliphatic carbocycles. The first-order valence-electron chi connectivity index (χ1n) is 7.21. The highest BCUT2D eigenvalue weighted by atomic mass is 35.5. The summed E-state index contributed by atoms with van der Waals surface area (Å²) in [4.78, 5) is 16.5. The van der Waals surface area contributed by atoms with Gasteiger partial charge in [0.1, 0.15) is 5.54 Å². The summed E-state index contributed by atoms with van der Waals surface area (Å²) >= 11 is 7.55. The van der Waals surface area contributed by atoms with E-state index in [1.807, 2.05) is 12.1 Å². The van der Waals surface area contributed by atoms with Gasteiger partial charge in [-0.05, 0) is 44.4 Å². The highest BCUT2D eigenvalue weighted by molar-refractivity contribution is 7.99. The first kappa shape index (κ1) is 16.6. The Bertz CT molecular complexity index is 483. The van der Waals surface area contributed by atoms with E-state index < -0.39 is 5.54 Å². The van der Waals surface area contributed by atoms with Crippen molar-refractivity contribution in [3.8, 4) is 0 Å². The first-order chi connectivity index (χ1) is 10.1. The van der Waals surface area contributed by atoms with Gasteiger partial charge in [-0.2, -0.15) is 0 Å². The van der Waals surface area contributed by atoms with Crippen molar-refractivity contribution in [3.05, 3.63) is 23.4 Å². The first-order valence-corrected chi connectivity index (χ1v) is 8.47. The zero-order valence-corrected chi connectivity index (χ0v) is 14.0. The second-order valence-electron chi connectivity index (χ2n) is 5.30. The van der Waals surface area contributed by atoms with Crippen LogP contribution >= 0.6 is 23.4 Å². The number of halogens is 1. The molecule has 116 valence electrons. The molecule has 0 radical (unpaired) electrons. The number of rotatable bonds is 6. The van der Waals surface area contributed by atoms with Gasteiger partial charge in [0, 0.05) is 11.4 Å². The number of ether oxygens (including phenoxy) is 1. The van der Waals surface area contributed by atoms with Crippen LogP contribution in [0.1, 0.15) is 32.6 Å². The van der Waals surface area contributed by atoms with Gasteiger partial charge >= 0.3 is 5.97 Å². The summed E-state index contributed by atoms with van der Waals surface area (Å²) in [5.74, 6) is -0.150. The van der Waals surface area contributed by atoms with Crippen molar-refractivity contribution in [1.29, 1.82) is 0 Å². The number of esters is 1. The van der Waals surface area contributed by atoms with Gasteiger partial charge in [-0.1, -0.05) is 18.5 Å². The molecule has 1 aromatic heterocycles. The smallest absolute Gasteiger partial charge is 0.326 e. The van der Waals surface area contributed by atoms with E-state index in [1.54, 1.807) is 18.0 Å². The lowest BCUT2D eigenvalue weighted by atomic mass is 9.97. The van der Waals surface area contributed by atoms with Gasteiger partial charge in [0.15, 0.2) is 0 Å². The number of thioether (sulfide) groups is 1. The Kier molecular flexibility index (Phi) is 5.90. The molecule has 4 nitrogen and oxygen atoms in total. The maximum absolute atomic E-state index is 12.2. The molecular formula is C15H21ClN2O2S. The van der Waals surface area contributed by atoms with Crippen molar-refractivity contribution in [3.63, 3.8) is 0 Å². The molecule has 21 heavy (non-hydrogen) atoms. The van der Waals surface area contributed by atoms with Crippen molar-refractivity contribution < 1.29 is 9.53 Å². The van der Waals surface area contributed by atoms with Crippen LogP contribution in [0.3, 0.4) is 0 Å². The minimum atomic E-state index is -0.533. The number of methoxy groups -OCH3 is 1. The molecule has 1 saturated carbocycles. The van der Waals surface area contributed by atoms with Crippen molar-refractivity contribution >= 4 is 29.3 Å². The van der Waals surface area contributed by atoms with E-state index in [-0.39, 0.29) is 5.97 Å². The zero-order chi connectivity index (χ0) is 15.3. The van der Waals surface area contributed by atoms with Crippen LogP contribution in [0.25, 0.3) is 0 Å². The van der Waals surface area contributed by atoms with Crippen LogP contribution in [0.15, 0.2) is 23.4 Å². The molecule has 0 amide bonds. The Morgan fingerprint density at radius 3 is 3.05 bits per heavy atom. The molecular weight excluding hydrogens is 308 g/mol. The third-order valence-electron chi connectivity index (χ3n) is 3.75. The Labute approximate surface area is 135 Å². The lowest BCUT2D eigenvalue weighted by molar-refractivity contribution is -0.148. The minimum Gasteiger partial charge on any atom is -0.468 e. The van der Waals surface area contributed by atoms with Crippen molar-refractivity contribution in [1.82, 2.24) is 10.3 Å². The summed E-state index contributed by atoms with van der Waals surface area (Å²) in [6.45, 7) is 2.92. The molecule has 2 atom stereocenters. The fraction of sp³-hybridized carbons (Fsp3) is 0.600. The summed E-state index contributed by atoms with van der Waals surface area (Å²) in [6, 6.07) is 3.76. The second-order valence-corrected chi connectivity index (χ2v) is 7.05. The summed E-state index contributed by atoms with van der Waals surface area (Å²) in [7, 11) is 1.46. The second kappa shape index (κ2) is 7.47. The predicted octanol–water partition coefficient (Wildman–Crippen LogP) is 3.29. The number of carbonyl (C=O) groups excluding carboxylic acids is 1. The maximum Gasteiger partial charge on any atom is 0.326 e. The Hall–Kier alpha value is -0.780. The van der Waals surface area contributed by atoms with Crippen LogP contribution in [0.5, 0.6) is 0 Å². The molecule has 1 N–H and O–H groups in total. The molecule has 0 aliphatic heterocycles. The van der Waals surface area contributed by atoms with Gasteiger partial charge in [0.2, 0.25) is 0 Å². The van der Waals surface area contributed by atoms with Crippen molar-refractivity contribution in [2.45, 2.75) is 48.4 Å². The zero-order valence-electron chi connectivity index (χ0n) is 12.4. The van der Waals surface area contributed by atoms with E-state index in [0.717, 1.165) is 37.3 Å². The van der Waals surface area contributed by atoms with Gasteiger partial charge in [0.25, 0.3) is 0 Å². The van der Waals surface area contributed by atoms with Gasteiger partial charge in [-0.3, -0.25) is 4.79 Å². The normalized spacial score (nSPS) is 25.0. The molecule has 1 heterocycles. The van der Waals surface area contributed by atoms with Gasteiger partial charge in [-0.25, -0.2) is 4.98 Å². The van der Waals surface area contributed by atoms with Gasteiger partial charge in [-0.15, -0.1) is 11.8 Å². The van der Waals surface area contributed by atoms with Crippen LogP contribution in [-0.4, -0.2) is 35.4 Å². The van der Waals surface area contributed by atoms with E-state index in [1.165, 1.54) is 7.11 Å². The highest BCUT2D eigenvalue weighted by Gasteiger charge is 2.46. The van der Waals surface area contributed by atoms with Crippen molar-refractivity contribution in [2.24, 2.45) is 0 Å². The summed E-state index contributed by atoms with van der Waals surface area (Å²) in [5, 5.41) is 5.34. The molecule has 2 rings (SSSR count). The standard InChI is InChI=1S/C15H21ClN2O2S/c1-3-8-18-15(14(19)20-2)7-6-12(9-15)21-13-5-4-11(16)10-17-13/h4-5,10,12,18H,3,6-9H2,1-2H3. The topological polar surface area (TPSA) is 51.2 Å². The predicted molar refractivity (Wildman–Crippen MR) is 85.8 cm³/mol. The number of hydrogen-bond acceptors (Lipinski definition) is 5. The Morgan fingerprint density at radius 2 is 2.43 bits per heavy atom. The molecule has 0 aromatic carbocycles. The van der Waals surface area contributed by atoms with E-state index in [9.17, 15) is 4.79 Å². The summed E-state index contributed by atoms with van der Waals surface area (Å²) < 4.78 is 5.01. The fourth-order valence-electron chi connectivity index (χ4n) is 2.68. The third kappa shape index (κ3) is 4.11. The Balaban J connectivity index is 2.01. The van der Waals surface area contributed by atoms with E-state index in [2.05, 4.69) is 17.2 Å². The number of carbonyl (C=O) groups is 1. The molecule has 1 fully saturated rings. The van der Waals surface area contributed by atoms with Crippen LogP contribution in [0.4, 0.5) is 0 Å². The van der Waals surface area contributed by atoms with E-state index in [4.69, 9.17) is 16.3 Å². The van der Waals surface area contributed by atoms with Crippen LogP contribution in [0, 0.1) is 0 Å². The maximum atomic E-state index is 12.2. The van der Waals surface area contributed by atoms with Crippen molar-refractivity contribution in [2.75, 3.05) is 13.7 Å². The largest absolute Gasteiger partial charge is 0.468 e. The molecule has 1 aliphatic rings. The van der Waals surface area contributed by atoms with E-state index >= 15 is 0 Å². The Morgan fingerprint density at radius 1 is 1.62 bits per heavy atom. The molecule has 2 unspecified atom stereocenters. The molecule has 0 bridgehead atoms. The SMILES string of the molecule is CCCNC1(C(=O)OC)CCC(Sc2ccc(Cl)cn2)C1. The quantitative estimate of drug-likeness (QED) is 0.812. The monoisotopic (exact) mass is 328 g/mol. The lowest BCUT2D eigenvalue weighted by Crippen LogP contribution is -2.51. The number of aromatic nitrogens is 1. The van der Waals surface area contributed by atoms with Gasteiger partial charge in [0.05, 0.1) is 17.2 Å². The average Bonchev–Trinajstić information content (AvgIpc) is 2.91. The third-order valence-corrected chi connectivity index (χ3v) is 5.19. The fourth-order valence-corrected chi connectivity index (χ4v) is 4.00. The molecule has 1 aromatic rings. The summed E-state index contributed by atoms with van der Waals surface area (Å²) in [6.07, 6.45) is 5.21. The minimum absolute atomic E-state index is 0.150. The number of pyridine rings is 1. The van der Waals surface area contributed by atoms with Crippen LogP contribution < -0.4 is 5.32 Å². The average molecular weight is 329 g/mol. The number of nitrogens with one attached hydrogen (secondary N) is 1.